The predicted octanol–water partition coefficient (Wildman–Crippen LogP) is 3.06. The first kappa shape index (κ1) is 13.0. The second-order valence-electron chi connectivity index (χ2n) is 3.73. The van der Waals surface area contributed by atoms with E-state index in [2.05, 4.69) is 20.9 Å². The number of rotatable bonds is 4. The summed E-state index contributed by atoms with van der Waals surface area (Å²) in [5, 5.41) is 0. The summed E-state index contributed by atoms with van der Waals surface area (Å²) in [7, 11) is 0. The van der Waals surface area contributed by atoms with Gasteiger partial charge in [0.25, 0.3) is 0 Å². The molecule has 0 radical (unpaired) electrons. The van der Waals surface area contributed by atoms with Gasteiger partial charge in [-0.05, 0) is 29.8 Å². The van der Waals surface area contributed by atoms with E-state index >= 15 is 0 Å². The molecule has 0 spiro atoms. The molecule has 18 heavy (non-hydrogen) atoms. The van der Waals surface area contributed by atoms with Crippen LogP contribution >= 0.6 is 15.9 Å². The van der Waals surface area contributed by atoms with Gasteiger partial charge in [0.1, 0.15) is 17.7 Å². The van der Waals surface area contributed by atoms with Crippen LogP contribution < -0.4 is 10.5 Å². The fourth-order valence-corrected chi connectivity index (χ4v) is 2.04. The van der Waals surface area contributed by atoms with Crippen molar-refractivity contribution in [3.05, 3.63) is 58.6 Å². The van der Waals surface area contributed by atoms with Crippen LogP contribution in [0, 0.1) is 5.82 Å². The fourth-order valence-electron chi connectivity index (χ4n) is 1.59. The molecular weight excluding hydrogens is 299 g/mol. The van der Waals surface area contributed by atoms with Gasteiger partial charge in [-0.1, -0.05) is 15.9 Å². The molecule has 94 valence electrons. The molecule has 0 aliphatic rings. The van der Waals surface area contributed by atoms with Crippen molar-refractivity contribution >= 4 is 15.9 Å². The highest BCUT2D eigenvalue weighted by Crippen LogP contribution is 2.25. The lowest BCUT2D eigenvalue weighted by Crippen LogP contribution is -2.18. The largest absolute Gasteiger partial charge is 0.484 e. The van der Waals surface area contributed by atoms with Crippen LogP contribution in [-0.2, 0) is 0 Å². The summed E-state index contributed by atoms with van der Waals surface area (Å²) in [6.07, 6.45) is 3.02. The molecule has 1 atom stereocenters. The molecular formula is C13H12BrFN2O. The van der Waals surface area contributed by atoms with E-state index in [4.69, 9.17) is 10.5 Å². The smallest absolute Gasteiger partial charge is 0.136 e. The van der Waals surface area contributed by atoms with Crippen LogP contribution in [-0.4, -0.2) is 11.5 Å². The minimum atomic E-state index is -0.357. The van der Waals surface area contributed by atoms with Crippen molar-refractivity contribution in [1.82, 2.24) is 4.98 Å². The van der Waals surface area contributed by atoms with Crippen molar-refractivity contribution in [3.8, 4) is 5.75 Å². The molecule has 5 heteroatoms. The maximum atomic E-state index is 13.2. The first-order chi connectivity index (χ1) is 8.69. The molecule has 0 bridgehead atoms. The third kappa shape index (κ3) is 3.27. The zero-order valence-electron chi connectivity index (χ0n) is 9.51. The number of pyridine rings is 1. The van der Waals surface area contributed by atoms with Crippen molar-refractivity contribution in [2.75, 3.05) is 6.54 Å². The molecule has 0 aliphatic carbocycles. The van der Waals surface area contributed by atoms with Crippen LogP contribution in [0.25, 0.3) is 0 Å². The summed E-state index contributed by atoms with van der Waals surface area (Å²) in [4.78, 5) is 3.93. The zero-order chi connectivity index (χ0) is 13.0. The number of hydrogen-bond acceptors (Lipinski definition) is 3. The van der Waals surface area contributed by atoms with Gasteiger partial charge >= 0.3 is 0 Å². The first-order valence-corrected chi connectivity index (χ1v) is 6.21. The van der Waals surface area contributed by atoms with Gasteiger partial charge in [-0.15, -0.1) is 0 Å². The predicted molar refractivity (Wildman–Crippen MR) is 70.8 cm³/mol. The molecule has 0 fully saturated rings. The van der Waals surface area contributed by atoms with Crippen molar-refractivity contribution in [2.45, 2.75) is 6.10 Å². The highest BCUT2D eigenvalue weighted by Gasteiger charge is 2.12. The van der Waals surface area contributed by atoms with Gasteiger partial charge in [0.2, 0.25) is 0 Å². The Hall–Kier alpha value is -1.46. The molecule has 1 unspecified atom stereocenters. The Morgan fingerprint density at radius 1 is 1.28 bits per heavy atom. The van der Waals surface area contributed by atoms with Crippen LogP contribution in [0.5, 0.6) is 5.75 Å². The molecule has 3 nitrogen and oxygen atoms in total. The third-order valence-electron chi connectivity index (χ3n) is 2.41. The summed E-state index contributed by atoms with van der Waals surface area (Å²) >= 11 is 3.22. The molecule has 1 heterocycles. The second-order valence-corrected chi connectivity index (χ2v) is 4.64. The Morgan fingerprint density at radius 3 is 2.61 bits per heavy atom. The minimum Gasteiger partial charge on any atom is -0.484 e. The van der Waals surface area contributed by atoms with Gasteiger partial charge in [-0.2, -0.15) is 0 Å². The standard InChI is InChI=1S/C13H12BrFN2O/c14-10-5-11(15)7-12(6-10)18-13(8-16)9-1-3-17-4-2-9/h1-7,13H,8,16H2. The summed E-state index contributed by atoms with van der Waals surface area (Å²) in [6, 6.07) is 8.05. The van der Waals surface area contributed by atoms with Crippen LogP contribution in [0.4, 0.5) is 4.39 Å². The Morgan fingerprint density at radius 2 is 2.00 bits per heavy atom. The van der Waals surface area contributed by atoms with Gasteiger partial charge in [-0.3, -0.25) is 4.98 Å². The van der Waals surface area contributed by atoms with Gasteiger partial charge < -0.3 is 10.5 Å². The third-order valence-corrected chi connectivity index (χ3v) is 2.86. The summed E-state index contributed by atoms with van der Waals surface area (Å²) in [6.45, 7) is 0.304. The minimum absolute atomic E-state index is 0.304. The lowest BCUT2D eigenvalue weighted by atomic mass is 10.1. The topological polar surface area (TPSA) is 48.1 Å². The van der Waals surface area contributed by atoms with E-state index in [0.717, 1.165) is 5.56 Å². The second kappa shape index (κ2) is 5.93. The Balaban J connectivity index is 2.20. The summed E-state index contributed by atoms with van der Waals surface area (Å²) in [5.41, 5.74) is 6.59. The number of nitrogens with zero attached hydrogens (tertiary/aromatic N) is 1. The lowest BCUT2D eigenvalue weighted by Gasteiger charge is -2.17. The van der Waals surface area contributed by atoms with Crippen LogP contribution in [0.2, 0.25) is 0 Å². The summed E-state index contributed by atoms with van der Waals surface area (Å²) in [5.74, 6) is 0.0824. The van der Waals surface area contributed by atoms with Crippen molar-refractivity contribution < 1.29 is 9.13 Å². The normalized spacial score (nSPS) is 12.2. The number of halogens is 2. The number of ether oxygens (including phenoxy) is 1. The molecule has 1 aromatic carbocycles. The number of nitrogens with two attached hydrogens (primary N) is 1. The molecule has 1 aromatic heterocycles. The molecule has 0 aliphatic heterocycles. The Bertz CT molecular complexity index is 501. The Labute approximate surface area is 113 Å². The molecule has 0 saturated heterocycles. The highest BCUT2D eigenvalue weighted by atomic mass is 79.9. The van der Waals surface area contributed by atoms with E-state index < -0.39 is 0 Å². The van der Waals surface area contributed by atoms with Crippen molar-refractivity contribution in [1.29, 1.82) is 0 Å². The zero-order valence-corrected chi connectivity index (χ0v) is 11.1. The maximum Gasteiger partial charge on any atom is 0.136 e. The molecule has 0 amide bonds. The summed E-state index contributed by atoms with van der Waals surface area (Å²) < 4.78 is 19.5. The van der Waals surface area contributed by atoms with E-state index in [-0.39, 0.29) is 11.9 Å². The fraction of sp³-hybridized carbons (Fsp3) is 0.154. The highest BCUT2D eigenvalue weighted by molar-refractivity contribution is 9.10. The van der Waals surface area contributed by atoms with Gasteiger partial charge in [0, 0.05) is 29.5 Å². The van der Waals surface area contributed by atoms with Crippen LogP contribution in [0.1, 0.15) is 11.7 Å². The van der Waals surface area contributed by atoms with Gasteiger partial charge in [-0.25, -0.2) is 4.39 Å². The quantitative estimate of drug-likeness (QED) is 0.944. The molecule has 0 saturated carbocycles. The van der Waals surface area contributed by atoms with Gasteiger partial charge in [0.05, 0.1) is 0 Å². The monoisotopic (exact) mass is 310 g/mol. The van der Waals surface area contributed by atoms with Gasteiger partial charge in [0.15, 0.2) is 0 Å². The van der Waals surface area contributed by atoms with E-state index in [9.17, 15) is 4.39 Å². The number of hydrogen-bond donors (Lipinski definition) is 1. The SMILES string of the molecule is NCC(Oc1cc(F)cc(Br)c1)c1ccncc1. The number of benzene rings is 1. The number of aromatic nitrogens is 1. The molecule has 2 N–H and O–H groups in total. The van der Waals surface area contributed by atoms with E-state index in [1.807, 2.05) is 12.1 Å². The molecule has 2 aromatic rings. The lowest BCUT2D eigenvalue weighted by molar-refractivity contribution is 0.213. The van der Waals surface area contributed by atoms with Crippen LogP contribution in [0.3, 0.4) is 0 Å². The van der Waals surface area contributed by atoms with E-state index in [1.165, 1.54) is 12.1 Å². The maximum absolute atomic E-state index is 13.2. The van der Waals surface area contributed by atoms with E-state index in [1.54, 1.807) is 18.5 Å². The van der Waals surface area contributed by atoms with Crippen molar-refractivity contribution in [2.24, 2.45) is 5.73 Å². The van der Waals surface area contributed by atoms with Crippen LogP contribution in [0.15, 0.2) is 47.2 Å². The first-order valence-electron chi connectivity index (χ1n) is 5.42. The van der Waals surface area contributed by atoms with Crippen molar-refractivity contribution in [3.63, 3.8) is 0 Å². The molecule has 2 rings (SSSR count). The average molecular weight is 311 g/mol. The van der Waals surface area contributed by atoms with E-state index in [0.29, 0.717) is 16.8 Å². The Kier molecular flexibility index (Phi) is 4.28. The average Bonchev–Trinajstić information content (AvgIpc) is 2.36.